The summed E-state index contributed by atoms with van der Waals surface area (Å²) in [6, 6.07) is 8.49. The first-order valence-electron chi connectivity index (χ1n) is 4.64. The summed E-state index contributed by atoms with van der Waals surface area (Å²) in [6.07, 6.45) is -0.492. The van der Waals surface area contributed by atoms with Gasteiger partial charge >= 0.3 is 6.09 Å². The zero-order valence-corrected chi connectivity index (χ0v) is 8.87. The molecule has 1 N–H and O–H groups in total. The Morgan fingerprint density at radius 3 is 2.93 bits per heavy atom. The maximum atomic E-state index is 11.2. The zero-order valence-electron chi connectivity index (χ0n) is 8.87. The maximum Gasteiger partial charge on any atom is 0.411 e. The molecule has 0 bridgehead atoms. The molecule has 0 spiro atoms. The quantitative estimate of drug-likeness (QED) is 0.770. The van der Waals surface area contributed by atoms with Crippen LogP contribution in [0.15, 0.2) is 18.2 Å². The fraction of sp³-hybridized carbons (Fsp3) is 0.364. The third-order valence-electron chi connectivity index (χ3n) is 1.70. The highest BCUT2D eigenvalue weighted by atomic mass is 16.6. The van der Waals surface area contributed by atoms with Gasteiger partial charge in [-0.1, -0.05) is 12.1 Å². The topological polar surface area (TPSA) is 47.6 Å². The van der Waals surface area contributed by atoms with Crippen molar-refractivity contribution in [3.63, 3.8) is 0 Å². The summed E-state index contributed by atoms with van der Waals surface area (Å²) in [5, 5.41) is 2.57. The summed E-state index contributed by atoms with van der Waals surface area (Å²) in [6.45, 7) is 2.54. The van der Waals surface area contributed by atoms with Crippen LogP contribution in [0.4, 0.5) is 10.5 Å². The molecule has 1 radical (unpaired) electrons. The van der Waals surface area contributed by atoms with Crippen LogP contribution in [0.5, 0.6) is 0 Å². The normalized spacial score (nSPS) is 9.73. The van der Waals surface area contributed by atoms with Gasteiger partial charge in [0.1, 0.15) is 6.61 Å². The Balaban J connectivity index is 2.37. The molecule has 0 saturated carbocycles. The number of amides is 1. The van der Waals surface area contributed by atoms with Gasteiger partial charge in [0.05, 0.1) is 12.3 Å². The number of ether oxygens (including phenoxy) is 2. The van der Waals surface area contributed by atoms with E-state index in [9.17, 15) is 4.79 Å². The standard InChI is InChI=1S/C11H14NO3/c1-9-4-3-5-10(8-9)12-11(13)15-7-6-14-2/h3-5H,6-7H2,1-2H3,(H,12,13). The number of benzene rings is 1. The van der Waals surface area contributed by atoms with Crippen LogP contribution in [0.1, 0.15) is 5.56 Å². The number of hydrogen-bond acceptors (Lipinski definition) is 3. The molecule has 1 rings (SSSR count). The minimum atomic E-state index is -0.492. The van der Waals surface area contributed by atoms with Crippen molar-refractivity contribution in [1.82, 2.24) is 0 Å². The number of nitrogens with one attached hydrogen (secondary N) is 1. The first-order valence-corrected chi connectivity index (χ1v) is 4.64. The van der Waals surface area contributed by atoms with Crippen LogP contribution >= 0.6 is 0 Å². The summed E-state index contributed by atoms with van der Waals surface area (Å²) in [5.74, 6) is 0. The Morgan fingerprint density at radius 2 is 2.27 bits per heavy atom. The van der Waals surface area contributed by atoms with Crippen LogP contribution in [0.2, 0.25) is 0 Å². The molecule has 0 unspecified atom stereocenters. The van der Waals surface area contributed by atoms with Gasteiger partial charge in [0.15, 0.2) is 0 Å². The molecule has 81 valence electrons. The van der Waals surface area contributed by atoms with Gasteiger partial charge in [-0.05, 0) is 18.6 Å². The highest BCUT2D eigenvalue weighted by Crippen LogP contribution is 2.08. The minimum absolute atomic E-state index is 0.244. The lowest BCUT2D eigenvalue weighted by Gasteiger charge is -2.06. The molecule has 0 aliphatic rings. The van der Waals surface area contributed by atoms with Crippen LogP contribution in [0, 0.1) is 13.0 Å². The third kappa shape index (κ3) is 4.46. The molecule has 4 nitrogen and oxygen atoms in total. The molecule has 1 aromatic carbocycles. The molecule has 0 aromatic heterocycles. The second kappa shape index (κ2) is 6.03. The van der Waals surface area contributed by atoms with Crippen molar-refractivity contribution in [3.8, 4) is 0 Å². The van der Waals surface area contributed by atoms with Crippen LogP contribution in [0.25, 0.3) is 0 Å². The number of aryl methyl sites for hydroxylation is 1. The Bertz CT molecular complexity index is 325. The second-order valence-corrected chi connectivity index (χ2v) is 3.00. The van der Waals surface area contributed by atoms with Crippen LogP contribution in [-0.2, 0) is 9.47 Å². The van der Waals surface area contributed by atoms with E-state index >= 15 is 0 Å². The summed E-state index contributed by atoms with van der Waals surface area (Å²) in [4.78, 5) is 11.2. The fourth-order valence-electron chi connectivity index (χ4n) is 1.02. The average Bonchev–Trinajstić information content (AvgIpc) is 2.18. The predicted molar refractivity (Wildman–Crippen MR) is 56.9 cm³/mol. The van der Waals surface area contributed by atoms with Crippen LogP contribution in [-0.4, -0.2) is 26.4 Å². The van der Waals surface area contributed by atoms with E-state index in [0.29, 0.717) is 12.3 Å². The molecule has 0 atom stereocenters. The summed E-state index contributed by atoms with van der Waals surface area (Å²) < 4.78 is 9.58. The molecule has 0 saturated heterocycles. The molecular formula is C11H14NO3. The number of rotatable bonds is 4. The largest absolute Gasteiger partial charge is 0.447 e. The molecule has 0 aliphatic carbocycles. The third-order valence-corrected chi connectivity index (χ3v) is 1.70. The summed E-state index contributed by atoms with van der Waals surface area (Å²) in [7, 11) is 1.55. The summed E-state index contributed by atoms with van der Waals surface area (Å²) in [5.41, 5.74) is 1.57. The lowest BCUT2D eigenvalue weighted by Crippen LogP contribution is -2.16. The highest BCUT2D eigenvalue weighted by molar-refractivity contribution is 5.84. The Kier molecular flexibility index (Phi) is 4.63. The van der Waals surface area contributed by atoms with E-state index in [0.717, 1.165) is 5.56 Å². The van der Waals surface area contributed by atoms with Crippen molar-refractivity contribution in [2.24, 2.45) is 0 Å². The van der Waals surface area contributed by atoms with E-state index in [1.165, 1.54) is 0 Å². The van der Waals surface area contributed by atoms with Gasteiger partial charge in [-0.25, -0.2) is 4.79 Å². The number of carbonyl (C=O) groups excluding carboxylic acids is 1. The van der Waals surface area contributed by atoms with E-state index in [1.54, 1.807) is 13.2 Å². The summed E-state index contributed by atoms with van der Waals surface area (Å²) >= 11 is 0. The second-order valence-electron chi connectivity index (χ2n) is 3.00. The smallest absolute Gasteiger partial charge is 0.411 e. The molecular weight excluding hydrogens is 194 g/mol. The molecule has 0 aliphatic heterocycles. The van der Waals surface area contributed by atoms with Crippen molar-refractivity contribution in [3.05, 3.63) is 29.8 Å². The minimum Gasteiger partial charge on any atom is -0.447 e. The van der Waals surface area contributed by atoms with E-state index in [2.05, 4.69) is 11.4 Å². The van der Waals surface area contributed by atoms with Gasteiger partial charge in [0, 0.05) is 13.2 Å². The van der Waals surface area contributed by atoms with Crippen LogP contribution in [0.3, 0.4) is 0 Å². The molecule has 1 aromatic rings. The van der Waals surface area contributed by atoms with Crippen molar-refractivity contribution in [2.75, 3.05) is 25.6 Å². The van der Waals surface area contributed by atoms with E-state index in [-0.39, 0.29) is 6.61 Å². The average molecular weight is 208 g/mol. The van der Waals surface area contributed by atoms with E-state index in [4.69, 9.17) is 9.47 Å². The number of methoxy groups -OCH3 is 1. The van der Waals surface area contributed by atoms with Gasteiger partial charge in [-0.2, -0.15) is 0 Å². The molecule has 0 heterocycles. The zero-order chi connectivity index (χ0) is 11.1. The van der Waals surface area contributed by atoms with E-state index in [1.807, 2.05) is 19.1 Å². The van der Waals surface area contributed by atoms with Gasteiger partial charge in [0.2, 0.25) is 0 Å². The number of anilines is 1. The first kappa shape index (κ1) is 11.5. The lowest BCUT2D eigenvalue weighted by atomic mass is 10.2. The SMILES string of the molecule is COCCOC(=O)Nc1[c]c(C)ccc1. The first-order chi connectivity index (χ1) is 7.22. The Morgan fingerprint density at radius 1 is 1.47 bits per heavy atom. The van der Waals surface area contributed by atoms with Crippen molar-refractivity contribution in [2.45, 2.75) is 6.92 Å². The number of hydrogen-bond donors (Lipinski definition) is 1. The van der Waals surface area contributed by atoms with E-state index < -0.39 is 6.09 Å². The number of carbonyl (C=O) groups is 1. The molecule has 1 amide bonds. The molecule has 15 heavy (non-hydrogen) atoms. The molecule has 4 heteroatoms. The Hall–Kier alpha value is -1.55. The van der Waals surface area contributed by atoms with Gasteiger partial charge in [-0.15, -0.1) is 0 Å². The van der Waals surface area contributed by atoms with Gasteiger partial charge < -0.3 is 9.47 Å². The lowest BCUT2D eigenvalue weighted by molar-refractivity contribution is 0.107. The van der Waals surface area contributed by atoms with Crippen molar-refractivity contribution >= 4 is 11.8 Å². The van der Waals surface area contributed by atoms with Crippen molar-refractivity contribution < 1.29 is 14.3 Å². The van der Waals surface area contributed by atoms with Gasteiger partial charge in [0.25, 0.3) is 0 Å². The predicted octanol–water partition coefficient (Wildman–Crippen LogP) is 1.99. The fourth-order valence-corrected chi connectivity index (χ4v) is 1.02. The molecule has 0 fully saturated rings. The maximum absolute atomic E-state index is 11.2. The highest BCUT2D eigenvalue weighted by Gasteiger charge is 2.02. The van der Waals surface area contributed by atoms with Gasteiger partial charge in [-0.3, -0.25) is 5.32 Å². The Labute approximate surface area is 89.2 Å². The van der Waals surface area contributed by atoms with Crippen molar-refractivity contribution in [1.29, 1.82) is 0 Å². The van der Waals surface area contributed by atoms with Crippen LogP contribution < -0.4 is 5.32 Å². The monoisotopic (exact) mass is 208 g/mol.